The van der Waals surface area contributed by atoms with Gasteiger partial charge >= 0.3 is 0 Å². The van der Waals surface area contributed by atoms with Crippen molar-refractivity contribution < 1.29 is 8.22 Å². The van der Waals surface area contributed by atoms with Gasteiger partial charge in [0.05, 0.1) is 8.22 Å². The van der Waals surface area contributed by atoms with Crippen molar-refractivity contribution in [1.29, 1.82) is 0 Å². The fraction of sp³-hybridized carbons (Fsp3) is 0.174. The van der Waals surface area contributed by atoms with Crippen LogP contribution in [0.4, 0.5) is 0 Å². The second-order valence-electron chi connectivity index (χ2n) is 14.5. The highest BCUT2D eigenvalue weighted by atomic mass is 14.3. The highest BCUT2D eigenvalue weighted by Crippen LogP contribution is 2.47. The van der Waals surface area contributed by atoms with E-state index in [1.54, 1.807) is 0 Å². The second-order valence-corrected chi connectivity index (χ2v) is 14.5. The Morgan fingerprint density at radius 3 is 1.65 bits per heavy atom. The molecule has 0 N–H and O–H groups in total. The van der Waals surface area contributed by atoms with E-state index < -0.39 is 10.8 Å². The van der Waals surface area contributed by atoms with E-state index in [1.165, 1.54) is 0 Å². The zero-order chi connectivity index (χ0) is 37.0. The van der Waals surface area contributed by atoms with Gasteiger partial charge in [0.25, 0.3) is 0 Å². The molecule has 0 aliphatic carbocycles. The second kappa shape index (κ2) is 10.3. The third-order valence-electron chi connectivity index (χ3n) is 9.20. The Morgan fingerprint density at radius 1 is 0.413 bits per heavy atom. The van der Waals surface area contributed by atoms with E-state index >= 15 is 0 Å². The van der Waals surface area contributed by atoms with Crippen LogP contribution >= 0.6 is 0 Å². The zero-order valence-corrected chi connectivity index (χ0v) is 27.2. The molecule has 8 rings (SSSR count). The quantitative estimate of drug-likeness (QED) is 0.137. The van der Waals surface area contributed by atoms with Crippen LogP contribution in [0.15, 0.2) is 133 Å². The first-order valence-corrected chi connectivity index (χ1v) is 16.0. The molecule has 0 unspecified atom stereocenters. The van der Waals surface area contributed by atoms with Crippen molar-refractivity contribution in [2.24, 2.45) is 0 Å². The Balaban J connectivity index is 1.71. The Labute approximate surface area is 280 Å². The van der Waals surface area contributed by atoms with E-state index in [0.717, 1.165) is 43.4 Å². The maximum atomic E-state index is 9.95. The van der Waals surface area contributed by atoms with Crippen LogP contribution in [0.25, 0.3) is 76.1 Å². The monoisotopic (exact) mass is 598 g/mol. The van der Waals surface area contributed by atoms with Crippen molar-refractivity contribution in [3.63, 3.8) is 0 Å². The van der Waals surface area contributed by atoms with Gasteiger partial charge in [-0.05, 0) is 122 Å². The minimum absolute atomic E-state index is 0.00550. The number of hydrogen-bond donors (Lipinski definition) is 0. The predicted octanol–water partition coefficient (Wildman–Crippen LogP) is 13.4. The van der Waals surface area contributed by atoms with E-state index in [0.29, 0.717) is 43.8 Å². The van der Waals surface area contributed by atoms with Gasteiger partial charge in [0.1, 0.15) is 0 Å². The summed E-state index contributed by atoms with van der Waals surface area (Å²) in [6.07, 6.45) is 0. The summed E-state index contributed by atoms with van der Waals surface area (Å²) in [5, 5.41) is 8.16. The van der Waals surface area contributed by atoms with Crippen LogP contribution in [0.5, 0.6) is 0 Å². The first-order valence-electron chi connectivity index (χ1n) is 19.0. The highest BCUT2D eigenvalue weighted by Gasteiger charge is 2.23. The van der Waals surface area contributed by atoms with Gasteiger partial charge < -0.3 is 0 Å². The Hall–Kier alpha value is -4.94. The summed E-state index contributed by atoms with van der Waals surface area (Å²) in [6, 6.07) is 32.9. The fourth-order valence-corrected chi connectivity index (χ4v) is 6.73. The predicted molar refractivity (Wildman–Crippen MR) is 202 cm³/mol. The average Bonchev–Trinajstić information content (AvgIpc) is 3.10. The van der Waals surface area contributed by atoms with Crippen LogP contribution in [-0.2, 0) is 10.8 Å². The summed E-state index contributed by atoms with van der Waals surface area (Å²) in [6.45, 7) is 11.8. The summed E-state index contributed by atoms with van der Waals surface area (Å²) >= 11 is 0. The van der Waals surface area contributed by atoms with E-state index in [2.05, 4.69) is 42.5 Å². The Bertz CT molecular complexity index is 2800. The van der Waals surface area contributed by atoms with Gasteiger partial charge in [-0.1, -0.05) is 151 Å². The summed E-state index contributed by atoms with van der Waals surface area (Å²) in [5.41, 5.74) is 2.28. The maximum absolute atomic E-state index is 9.95. The normalized spacial score (nSPS) is 14.4. The lowest BCUT2D eigenvalue weighted by molar-refractivity contribution is 0.590. The van der Waals surface area contributed by atoms with E-state index in [4.69, 9.17) is 0 Å². The molecule has 0 atom stereocenters. The molecule has 0 nitrogen and oxygen atoms in total. The van der Waals surface area contributed by atoms with Crippen LogP contribution in [-0.4, -0.2) is 0 Å². The molecular formula is C46H40. The van der Waals surface area contributed by atoms with E-state index in [-0.39, 0.29) is 36.3 Å². The van der Waals surface area contributed by atoms with Gasteiger partial charge in [0.15, 0.2) is 0 Å². The summed E-state index contributed by atoms with van der Waals surface area (Å²) in [4.78, 5) is 0. The maximum Gasteiger partial charge on any atom is 0.0633 e. The lowest BCUT2D eigenvalue weighted by atomic mass is 9.79. The molecule has 0 aromatic heterocycles. The van der Waals surface area contributed by atoms with Crippen molar-refractivity contribution in [1.82, 2.24) is 0 Å². The van der Waals surface area contributed by atoms with Crippen LogP contribution in [0.3, 0.4) is 0 Å². The molecule has 46 heavy (non-hydrogen) atoms. The third kappa shape index (κ3) is 4.59. The first kappa shape index (κ1) is 22.5. The molecule has 0 radical (unpaired) electrons. The van der Waals surface area contributed by atoms with Crippen molar-refractivity contribution >= 4 is 53.9 Å². The number of benzene rings is 8. The Kier molecular flexibility index (Phi) is 5.04. The smallest absolute Gasteiger partial charge is 0.0622 e. The molecule has 0 saturated carbocycles. The van der Waals surface area contributed by atoms with E-state index in [1.807, 2.05) is 96.1 Å². The van der Waals surface area contributed by atoms with Crippen molar-refractivity contribution in [3.05, 3.63) is 144 Å². The van der Waals surface area contributed by atoms with Gasteiger partial charge in [-0.2, -0.15) is 0 Å². The van der Waals surface area contributed by atoms with Crippen LogP contribution in [0, 0.1) is 0 Å². The first-order chi connectivity index (χ1) is 24.6. The molecule has 0 fully saturated rings. The van der Waals surface area contributed by atoms with Crippen LogP contribution in [0.1, 0.15) is 60.9 Å². The molecule has 0 amide bonds. The van der Waals surface area contributed by atoms with Gasteiger partial charge in [-0.15, -0.1) is 0 Å². The fourth-order valence-electron chi connectivity index (χ4n) is 6.73. The van der Waals surface area contributed by atoms with Gasteiger partial charge in [-0.3, -0.25) is 0 Å². The summed E-state index contributed by atoms with van der Waals surface area (Å²) in [5.74, 6) is 0. The number of hydrogen-bond acceptors (Lipinski definition) is 0. The van der Waals surface area contributed by atoms with Gasteiger partial charge in [-0.25, -0.2) is 0 Å². The molecule has 0 heteroatoms. The molecule has 0 aliphatic heterocycles. The molecule has 8 aromatic carbocycles. The molecule has 0 saturated heterocycles. The average molecular weight is 599 g/mol. The van der Waals surface area contributed by atoms with Crippen LogP contribution in [0.2, 0.25) is 0 Å². The van der Waals surface area contributed by atoms with Crippen molar-refractivity contribution in [3.8, 4) is 22.3 Å². The topological polar surface area (TPSA) is 0 Å². The van der Waals surface area contributed by atoms with E-state index in [9.17, 15) is 8.22 Å². The third-order valence-corrected chi connectivity index (χ3v) is 9.20. The number of rotatable bonds is 2. The molecular weight excluding hydrogens is 553 g/mol. The molecule has 0 heterocycles. The molecule has 0 spiro atoms. The minimum atomic E-state index is -0.631. The van der Waals surface area contributed by atoms with Crippen LogP contribution < -0.4 is 0 Å². The summed E-state index contributed by atoms with van der Waals surface area (Å²) in [7, 11) is 0. The lowest BCUT2D eigenvalue weighted by Crippen LogP contribution is -2.11. The van der Waals surface area contributed by atoms with Gasteiger partial charge in [0.2, 0.25) is 0 Å². The largest absolute Gasteiger partial charge is 0.0633 e. The van der Waals surface area contributed by atoms with Gasteiger partial charge in [0, 0.05) is 0 Å². The van der Waals surface area contributed by atoms with Crippen molar-refractivity contribution in [2.45, 2.75) is 52.4 Å². The number of fused-ring (bicyclic) bond motifs is 6. The molecule has 0 bridgehead atoms. The zero-order valence-electron chi connectivity index (χ0n) is 33.2. The molecule has 0 aliphatic rings. The SMILES string of the molecule is [2H]c1c(C(C)(C)C)c([2H])c2c(-c3cccc4c3ccc3cc5ccccc5cc34)c3c([2H])c([2H])c(C(C)(C)C)c([2H])c3c(-c3ccccc3)c2c1[2H]. The molecule has 8 aromatic rings. The van der Waals surface area contributed by atoms with Crippen molar-refractivity contribution in [2.75, 3.05) is 0 Å². The Morgan fingerprint density at radius 2 is 1.00 bits per heavy atom. The minimum Gasteiger partial charge on any atom is -0.0622 e. The lowest BCUT2D eigenvalue weighted by Gasteiger charge is -2.25. The standard InChI is InChI=1S/C46H40/c1-45(2,3)33-21-24-39-41(27-33)43(29-13-8-7-9-14-29)38-23-20-34(46(4,5)6)28-42(38)44(39)37-18-12-17-35-36(37)22-19-32-25-30-15-10-11-16-31(30)26-40(32)35/h7-28H,1-6H3/i20D,21D,23D,24D,27D,28D. The summed E-state index contributed by atoms with van der Waals surface area (Å²) < 4.78 is 58.1. The molecule has 224 valence electrons. The highest BCUT2D eigenvalue weighted by molar-refractivity contribution is 6.25.